The predicted octanol–water partition coefficient (Wildman–Crippen LogP) is 3.82. The predicted molar refractivity (Wildman–Crippen MR) is 76.6 cm³/mol. The molecule has 0 bridgehead atoms. The van der Waals surface area contributed by atoms with Gasteiger partial charge in [0.25, 0.3) is 0 Å². The van der Waals surface area contributed by atoms with Crippen molar-refractivity contribution in [2.75, 3.05) is 5.33 Å². The van der Waals surface area contributed by atoms with Crippen molar-refractivity contribution in [3.8, 4) is 5.75 Å². The fraction of sp³-hybridized carbons (Fsp3) is 0.533. The Balaban J connectivity index is 1.79. The molecule has 1 aliphatic heterocycles. The number of fused-ring (bicyclic) bond motifs is 1. The second kappa shape index (κ2) is 6.37. The van der Waals surface area contributed by atoms with Crippen LogP contribution in [-0.2, 0) is 11.2 Å². The minimum absolute atomic E-state index is 0.190. The Morgan fingerprint density at radius 2 is 2.28 bits per heavy atom. The van der Waals surface area contributed by atoms with Crippen molar-refractivity contribution in [2.24, 2.45) is 0 Å². The summed E-state index contributed by atoms with van der Waals surface area (Å²) in [5.41, 5.74) is 2.55. The number of ether oxygens (including phenoxy) is 1. The van der Waals surface area contributed by atoms with Gasteiger partial charge in [0, 0.05) is 24.6 Å². The lowest BCUT2D eigenvalue weighted by Crippen LogP contribution is -2.14. The van der Waals surface area contributed by atoms with Crippen molar-refractivity contribution in [3.63, 3.8) is 0 Å². The highest BCUT2D eigenvalue weighted by molar-refractivity contribution is 9.09. The first-order chi connectivity index (χ1) is 8.69. The molecule has 1 atom stereocenters. The molecule has 0 aliphatic carbocycles. The summed E-state index contributed by atoms with van der Waals surface area (Å²) >= 11 is 3.34. The molecule has 3 heteroatoms. The lowest BCUT2D eigenvalue weighted by Gasteiger charge is -2.09. The first kappa shape index (κ1) is 13.6. The fourth-order valence-electron chi connectivity index (χ4n) is 2.32. The van der Waals surface area contributed by atoms with E-state index in [-0.39, 0.29) is 6.10 Å². The topological polar surface area (TPSA) is 26.3 Å². The van der Waals surface area contributed by atoms with Crippen LogP contribution in [0.2, 0.25) is 0 Å². The number of halogens is 1. The van der Waals surface area contributed by atoms with E-state index < -0.39 is 0 Å². The number of Topliss-reactive ketones (excluding diaryl/α,β-unsaturated/α-hetero) is 1. The zero-order valence-corrected chi connectivity index (χ0v) is 12.3. The molecule has 18 heavy (non-hydrogen) atoms. The third-order valence-electron chi connectivity index (χ3n) is 3.29. The molecule has 0 saturated heterocycles. The molecule has 0 aromatic heterocycles. The molecule has 0 spiro atoms. The van der Waals surface area contributed by atoms with Crippen molar-refractivity contribution in [1.82, 2.24) is 0 Å². The molecule has 0 amide bonds. The van der Waals surface area contributed by atoms with Gasteiger partial charge in [0.1, 0.15) is 17.6 Å². The van der Waals surface area contributed by atoms with Gasteiger partial charge in [0.2, 0.25) is 0 Å². The van der Waals surface area contributed by atoms with Crippen LogP contribution in [0, 0.1) is 6.92 Å². The molecule has 0 N–H and O–H groups in total. The number of benzene rings is 1. The van der Waals surface area contributed by atoms with Crippen LogP contribution in [-0.4, -0.2) is 17.2 Å². The Morgan fingerprint density at radius 3 is 3.06 bits per heavy atom. The average Bonchev–Trinajstić information content (AvgIpc) is 2.75. The molecular weight excluding hydrogens is 292 g/mol. The summed E-state index contributed by atoms with van der Waals surface area (Å²) in [6.07, 6.45) is 4.24. The number of hydrogen-bond acceptors (Lipinski definition) is 2. The minimum atomic E-state index is 0.190. The van der Waals surface area contributed by atoms with Crippen LogP contribution >= 0.6 is 15.9 Å². The summed E-state index contributed by atoms with van der Waals surface area (Å²) in [7, 11) is 0. The highest BCUT2D eigenvalue weighted by Crippen LogP contribution is 2.31. The zero-order valence-electron chi connectivity index (χ0n) is 10.7. The van der Waals surface area contributed by atoms with Gasteiger partial charge in [0.15, 0.2) is 0 Å². The van der Waals surface area contributed by atoms with Crippen molar-refractivity contribution < 1.29 is 9.53 Å². The minimum Gasteiger partial charge on any atom is -0.490 e. The second-order valence-electron chi connectivity index (χ2n) is 4.93. The Bertz CT molecular complexity index is 429. The monoisotopic (exact) mass is 310 g/mol. The van der Waals surface area contributed by atoms with E-state index in [2.05, 4.69) is 35.0 Å². The van der Waals surface area contributed by atoms with Crippen LogP contribution in [0.3, 0.4) is 0 Å². The van der Waals surface area contributed by atoms with E-state index in [1.165, 1.54) is 11.1 Å². The maximum absolute atomic E-state index is 11.6. The van der Waals surface area contributed by atoms with E-state index in [1.54, 1.807) is 0 Å². The maximum atomic E-state index is 11.6. The number of carbonyl (C=O) groups excluding carboxylic acids is 1. The summed E-state index contributed by atoms with van der Waals surface area (Å²) in [4.78, 5) is 11.6. The van der Waals surface area contributed by atoms with Crippen LogP contribution in [0.1, 0.15) is 36.8 Å². The summed E-state index contributed by atoms with van der Waals surface area (Å²) in [6, 6.07) is 6.29. The van der Waals surface area contributed by atoms with Gasteiger partial charge in [-0.05, 0) is 31.4 Å². The number of rotatable bonds is 6. The smallest absolute Gasteiger partial charge is 0.133 e. The zero-order chi connectivity index (χ0) is 13.0. The van der Waals surface area contributed by atoms with Gasteiger partial charge in [0.05, 0.1) is 0 Å². The SMILES string of the molecule is Cc1ccc2c(c1)CC(CCC(=O)CCCBr)O2. The molecule has 1 aliphatic rings. The standard InChI is InChI=1S/C15H19BrO2/c1-11-4-7-15-12(9-11)10-14(18-15)6-5-13(17)3-2-8-16/h4,7,9,14H,2-3,5-6,8,10H2,1H3. The fourth-order valence-corrected chi connectivity index (χ4v) is 2.60. The summed E-state index contributed by atoms with van der Waals surface area (Å²) in [5, 5.41) is 0.906. The molecule has 1 aromatic carbocycles. The van der Waals surface area contributed by atoms with E-state index in [0.717, 1.165) is 30.3 Å². The van der Waals surface area contributed by atoms with E-state index in [9.17, 15) is 4.79 Å². The Kier molecular flexibility index (Phi) is 4.81. The number of carbonyl (C=O) groups is 1. The lowest BCUT2D eigenvalue weighted by atomic mass is 10.0. The quantitative estimate of drug-likeness (QED) is 0.747. The molecule has 2 nitrogen and oxygen atoms in total. The lowest BCUT2D eigenvalue weighted by molar-refractivity contribution is -0.119. The molecular formula is C15H19BrO2. The van der Waals surface area contributed by atoms with E-state index >= 15 is 0 Å². The Labute approximate surface area is 117 Å². The van der Waals surface area contributed by atoms with Crippen LogP contribution in [0.4, 0.5) is 0 Å². The highest BCUT2D eigenvalue weighted by Gasteiger charge is 2.23. The highest BCUT2D eigenvalue weighted by atomic mass is 79.9. The number of alkyl halides is 1. The van der Waals surface area contributed by atoms with Crippen molar-refractivity contribution in [2.45, 2.75) is 45.1 Å². The van der Waals surface area contributed by atoms with Crippen LogP contribution < -0.4 is 4.74 Å². The number of hydrogen-bond donors (Lipinski definition) is 0. The van der Waals surface area contributed by atoms with Gasteiger partial charge in [-0.1, -0.05) is 33.6 Å². The van der Waals surface area contributed by atoms with E-state index in [4.69, 9.17) is 4.74 Å². The maximum Gasteiger partial charge on any atom is 0.133 e. The van der Waals surface area contributed by atoms with E-state index in [1.807, 2.05) is 6.07 Å². The van der Waals surface area contributed by atoms with Crippen LogP contribution in [0.25, 0.3) is 0 Å². The molecule has 1 unspecified atom stereocenters. The summed E-state index contributed by atoms with van der Waals surface area (Å²) in [6.45, 7) is 2.09. The van der Waals surface area contributed by atoms with Gasteiger partial charge in [-0.2, -0.15) is 0 Å². The second-order valence-corrected chi connectivity index (χ2v) is 5.72. The van der Waals surface area contributed by atoms with Crippen molar-refractivity contribution in [1.29, 1.82) is 0 Å². The Morgan fingerprint density at radius 1 is 1.44 bits per heavy atom. The average molecular weight is 311 g/mol. The Hall–Kier alpha value is -0.830. The largest absolute Gasteiger partial charge is 0.490 e. The van der Waals surface area contributed by atoms with Crippen LogP contribution in [0.5, 0.6) is 5.75 Å². The summed E-state index contributed by atoms with van der Waals surface area (Å²) < 4.78 is 5.86. The normalized spacial score (nSPS) is 17.3. The van der Waals surface area contributed by atoms with Crippen LogP contribution in [0.15, 0.2) is 18.2 Å². The van der Waals surface area contributed by atoms with Gasteiger partial charge < -0.3 is 4.74 Å². The van der Waals surface area contributed by atoms with Gasteiger partial charge in [-0.15, -0.1) is 0 Å². The first-order valence-corrected chi connectivity index (χ1v) is 7.65. The first-order valence-electron chi connectivity index (χ1n) is 6.53. The van der Waals surface area contributed by atoms with Crippen molar-refractivity contribution in [3.05, 3.63) is 29.3 Å². The molecule has 1 heterocycles. The third-order valence-corrected chi connectivity index (χ3v) is 3.85. The molecule has 0 saturated carbocycles. The third kappa shape index (κ3) is 3.58. The van der Waals surface area contributed by atoms with Gasteiger partial charge >= 0.3 is 0 Å². The number of ketones is 1. The van der Waals surface area contributed by atoms with Crippen molar-refractivity contribution >= 4 is 21.7 Å². The van der Waals surface area contributed by atoms with E-state index in [0.29, 0.717) is 18.6 Å². The molecule has 2 rings (SSSR count). The molecule has 98 valence electrons. The molecule has 0 fully saturated rings. The summed E-state index contributed by atoms with van der Waals surface area (Å²) in [5.74, 6) is 1.35. The molecule has 1 aromatic rings. The van der Waals surface area contributed by atoms with Gasteiger partial charge in [-0.25, -0.2) is 0 Å². The van der Waals surface area contributed by atoms with Gasteiger partial charge in [-0.3, -0.25) is 4.79 Å². The number of aryl methyl sites for hydroxylation is 1. The molecule has 0 radical (unpaired) electrons.